The number of hydrogen-bond donors (Lipinski definition) is 3. The van der Waals surface area contributed by atoms with E-state index in [0.29, 0.717) is 28.4 Å². The fraction of sp³-hybridized carbons (Fsp3) is 0.130. The number of carbonyl (C=O) groups excluding carboxylic acids is 2. The average molecular weight is 502 g/mol. The number of thioether (sulfide) groups is 1. The van der Waals surface area contributed by atoms with Crippen molar-refractivity contribution < 1.29 is 27.5 Å². The van der Waals surface area contributed by atoms with E-state index < -0.39 is 10.0 Å². The molecule has 0 radical (unpaired) electrons. The van der Waals surface area contributed by atoms with Crippen molar-refractivity contribution in [3.8, 4) is 11.5 Å². The van der Waals surface area contributed by atoms with Gasteiger partial charge in [-0.05, 0) is 66.7 Å². The molecule has 0 fully saturated rings. The standard InChI is InChI=1S/C23H23N3O6S2/c1-31-20-12-3-15(13-21(20)32-2)23(28)26-17-4-8-18(9-5-17)33-14-22(27)25-16-6-10-19(11-7-16)34(24,29)30/h3-13H,14H2,1-2H3,(H,25,27)(H,26,28)(H2,24,29,30). The Bertz CT molecular complexity index is 1280. The molecule has 0 unspecified atom stereocenters. The molecule has 0 atom stereocenters. The Morgan fingerprint density at radius 1 is 0.853 bits per heavy atom. The van der Waals surface area contributed by atoms with Gasteiger partial charge < -0.3 is 20.1 Å². The van der Waals surface area contributed by atoms with Gasteiger partial charge >= 0.3 is 0 Å². The summed E-state index contributed by atoms with van der Waals surface area (Å²) < 4.78 is 33.0. The maximum atomic E-state index is 12.5. The van der Waals surface area contributed by atoms with E-state index in [1.54, 1.807) is 42.5 Å². The molecule has 0 bridgehead atoms. The molecule has 34 heavy (non-hydrogen) atoms. The second kappa shape index (κ2) is 11.1. The summed E-state index contributed by atoms with van der Waals surface area (Å²) in [5, 5.41) is 10.6. The minimum atomic E-state index is -3.78. The van der Waals surface area contributed by atoms with Crippen molar-refractivity contribution in [1.82, 2.24) is 0 Å². The number of ether oxygens (including phenoxy) is 2. The topological polar surface area (TPSA) is 137 Å². The molecule has 3 aromatic carbocycles. The zero-order valence-electron chi connectivity index (χ0n) is 18.4. The molecular weight excluding hydrogens is 478 g/mol. The van der Waals surface area contributed by atoms with Crippen LogP contribution in [-0.2, 0) is 14.8 Å². The van der Waals surface area contributed by atoms with E-state index in [-0.39, 0.29) is 22.5 Å². The van der Waals surface area contributed by atoms with Crippen LogP contribution in [0.25, 0.3) is 0 Å². The number of amides is 2. The lowest BCUT2D eigenvalue weighted by molar-refractivity contribution is -0.113. The molecule has 0 heterocycles. The van der Waals surface area contributed by atoms with Gasteiger partial charge in [0.15, 0.2) is 11.5 Å². The maximum absolute atomic E-state index is 12.5. The Morgan fingerprint density at radius 2 is 1.44 bits per heavy atom. The first-order chi connectivity index (χ1) is 16.2. The van der Waals surface area contributed by atoms with Crippen molar-refractivity contribution >= 4 is 45.0 Å². The molecule has 4 N–H and O–H groups in total. The van der Waals surface area contributed by atoms with Gasteiger partial charge in [0.05, 0.1) is 24.9 Å². The number of primary sulfonamides is 1. The molecule has 0 aliphatic carbocycles. The van der Waals surface area contributed by atoms with Gasteiger partial charge in [0.25, 0.3) is 5.91 Å². The molecule has 3 rings (SSSR count). The molecular formula is C23H23N3O6S2. The van der Waals surface area contributed by atoms with Crippen LogP contribution in [0.4, 0.5) is 11.4 Å². The minimum Gasteiger partial charge on any atom is -0.493 e. The predicted molar refractivity (Wildman–Crippen MR) is 131 cm³/mol. The summed E-state index contributed by atoms with van der Waals surface area (Å²) in [6.45, 7) is 0. The van der Waals surface area contributed by atoms with Crippen molar-refractivity contribution in [1.29, 1.82) is 0 Å². The van der Waals surface area contributed by atoms with Crippen LogP contribution in [0.2, 0.25) is 0 Å². The van der Waals surface area contributed by atoms with Gasteiger partial charge in [-0.1, -0.05) is 0 Å². The van der Waals surface area contributed by atoms with Crippen LogP contribution in [-0.4, -0.2) is 40.2 Å². The molecule has 0 aliphatic rings. The van der Waals surface area contributed by atoms with E-state index in [9.17, 15) is 18.0 Å². The summed E-state index contributed by atoms with van der Waals surface area (Å²) >= 11 is 1.32. The van der Waals surface area contributed by atoms with Crippen molar-refractivity contribution in [2.45, 2.75) is 9.79 Å². The van der Waals surface area contributed by atoms with Crippen LogP contribution >= 0.6 is 11.8 Å². The summed E-state index contributed by atoms with van der Waals surface area (Å²) in [5.74, 6) is 0.591. The lowest BCUT2D eigenvalue weighted by atomic mass is 10.2. The quantitative estimate of drug-likeness (QED) is 0.383. The number of hydrogen-bond acceptors (Lipinski definition) is 7. The molecule has 0 spiro atoms. The molecule has 11 heteroatoms. The first-order valence-electron chi connectivity index (χ1n) is 9.88. The Hall–Kier alpha value is -3.54. The van der Waals surface area contributed by atoms with Crippen LogP contribution in [0, 0.1) is 0 Å². The summed E-state index contributed by atoms with van der Waals surface area (Å²) in [7, 11) is -0.758. The number of methoxy groups -OCH3 is 2. The SMILES string of the molecule is COc1ccc(C(=O)Nc2ccc(SCC(=O)Nc3ccc(S(N)(=O)=O)cc3)cc2)cc1OC. The van der Waals surface area contributed by atoms with Crippen LogP contribution in [0.1, 0.15) is 10.4 Å². The second-order valence-electron chi connectivity index (χ2n) is 6.95. The van der Waals surface area contributed by atoms with Gasteiger partial charge in [0.2, 0.25) is 15.9 Å². The number of nitrogens with one attached hydrogen (secondary N) is 2. The van der Waals surface area contributed by atoms with Crippen LogP contribution in [0.15, 0.2) is 76.5 Å². The molecule has 0 aromatic heterocycles. The van der Waals surface area contributed by atoms with E-state index in [2.05, 4.69) is 10.6 Å². The average Bonchev–Trinajstić information content (AvgIpc) is 2.83. The lowest BCUT2D eigenvalue weighted by Gasteiger charge is -2.10. The second-order valence-corrected chi connectivity index (χ2v) is 9.56. The summed E-state index contributed by atoms with van der Waals surface area (Å²) in [6.07, 6.45) is 0. The normalized spacial score (nSPS) is 10.9. The minimum absolute atomic E-state index is 0.0295. The number of carbonyl (C=O) groups is 2. The fourth-order valence-corrected chi connectivity index (χ4v) is 4.10. The molecule has 0 aliphatic heterocycles. The van der Waals surface area contributed by atoms with Crippen molar-refractivity contribution in [2.24, 2.45) is 5.14 Å². The molecule has 9 nitrogen and oxygen atoms in total. The fourth-order valence-electron chi connectivity index (χ4n) is 2.89. The number of nitrogens with two attached hydrogens (primary N) is 1. The first kappa shape index (κ1) is 25.1. The molecule has 0 saturated carbocycles. The zero-order valence-corrected chi connectivity index (χ0v) is 20.0. The smallest absolute Gasteiger partial charge is 0.255 e. The summed E-state index contributed by atoms with van der Waals surface area (Å²) in [6, 6.07) is 17.6. The molecule has 2 amide bonds. The van der Waals surface area contributed by atoms with Crippen LogP contribution < -0.4 is 25.2 Å². The number of benzene rings is 3. The van der Waals surface area contributed by atoms with E-state index in [1.165, 1.54) is 50.2 Å². The zero-order chi connectivity index (χ0) is 24.7. The van der Waals surface area contributed by atoms with Crippen molar-refractivity contribution in [2.75, 3.05) is 30.6 Å². The summed E-state index contributed by atoms with van der Waals surface area (Å²) in [5.41, 5.74) is 1.49. The van der Waals surface area contributed by atoms with Gasteiger partial charge in [0.1, 0.15) is 0 Å². The van der Waals surface area contributed by atoms with E-state index in [4.69, 9.17) is 14.6 Å². The third-order valence-electron chi connectivity index (χ3n) is 4.59. The lowest BCUT2D eigenvalue weighted by Crippen LogP contribution is -2.15. The highest BCUT2D eigenvalue weighted by atomic mass is 32.2. The Morgan fingerprint density at radius 3 is 2.03 bits per heavy atom. The summed E-state index contributed by atoms with van der Waals surface area (Å²) in [4.78, 5) is 25.5. The Labute approximate surface area is 201 Å². The molecule has 178 valence electrons. The van der Waals surface area contributed by atoms with E-state index in [1.807, 2.05) is 0 Å². The largest absolute Gasteiger partial charge is 0.493 e. The van der Waals surface area contributed by atoms with E-state index >= 15 is 0 Å². The third-order valence-corrected chi connectivity index (χ3v) is 6.54. The van der Waals surface area contributed by atoms with E-state index in [0.717, 1.165) is 4.90 Å². The maximum Gasteiger partial charge on any atom is 0.255 e. The van der Waals surface area contributed by atoms with Gasteiger partial charge in [0, 0.05) is 21.8 Å². The predicted octanol–water partition coefficient (Wildman–Crippen LogP) is 3.33. The Balaban J connectivity index is 1.52. The third kappa shape index (κ3) is 6.73. The number of rotatable bonds is 9. The van der Waals surface area contributed by atoms with Gasteiger partial charge in [-0.3, -0.25) is 9.59 Å². The van der Waals surface area contributed by atoms with Gasteiger partial charge in [-0.2, -0.15) is 0 Å². The Kier molecular flexibility index (Phi) is 8.16. The van der Waals surface area contributed by atoms with Crippen LogP contribution in [0.3, 0.4) is 0 Å². The highest BCUT2D eigenvalue weighted by Gasteiger charge is 2.12. The molecule has 3 aromatic rings. The number of anilines is 2. The van der Waals surface area contributed by atoms with Gasteiger partial charge in [-0.25, -0.2) is 13.6 Å². The van der Waals surface area contributed by atoms with Gasteiger partial charge in [-0.15, -0.1) is 11.8 Å². The number of sulfonamides is 1. The highest BCUT2D eigenvalue weighted by Crippen LogP contribution is 2.28. The highest BCUT2D eigenvalue weighted by molar-refractivity contribution is 8.00. The first-order valence-corrected chi connectivity index (χ1v) is 12.4. The molecule has 0 saturated heterocycles. The monoisotopic (exact) mass is 501 g/mol. The van der Waals surface area contributed by atoms with Crippen molar-refractivity contribution in [3.63, 3.8) is 0 Å². The van der Waals surface area contributed by atoms with Crippen LogP contribution in [0.5, 0.6) is 11.5 Å². The van der Waals surface area contributed by atoms with Crippen molar-refractivity contribution in [3.05, 3.63) is 72.3 Å².